The van der Waals surface area contributed by atoms with Gasteiger partial charge in [0.15, 0.2) is 0 Å². The van der Waals surface area contributed by atoms with Gasteiger partial charge in [0.2, 0.25) is 11.6 Å². The molecule has 13 heteroatoms. The van der Waals surface area contributed by atoms with Crippen molar-refractivity contribution in [1.82, 2.24) is 41.2 Å². The fourth-order valence-electron chi connectivity index (χ4n) is 2.03. The highest BCUT2D eigenvalue weighted by Gasteiger charge is 2.12. The summed E-state index contributed by atoms with van der Waals surface area (Å²) in [5.74, 6) is 0.875. The Hall–Kier alpha value is -3.38. The van der Waals surface area contributed by atoms with Gasteiger partial charge in [-0.1, -0.05) is 24.3 Å². The van der Waals surface area contributed by atoms with E-state index in [1.807, 2.05) is 18.2 Å². The molecule has 2 aromatic heterocycles. The number of nitrogens with two attached hydrogens (primary N) is 1. The van der Waals surface area contributed by atoms with Gasteiger partial charge in [-0.3, -0.25) is 0 Å². The van der Waals surface area contributed by atoms with Crippen molar-refractivity contribution in [3.63, 3.8) is 0 Å². The van der Waals surface area contributed by atoms with Crippen LogP contribution in [-0.4, -0.2) is 49.7 Å². The Morgan fingerprint density at radius 2 is 1.41 bits per heavy atom. The number of aromatic amines is 2. The number of anilines is 1. The summed E-state index contributed by atoms with van der Waals surface area (Å²) in [7, 11) is 1.47. The van der Waals surface area contributed by atoms with Crippen molar-refractivity contribution in [3.05, 3.63) is 48.5 Å². The summed E-state index contributed by atoms with van der Waals surface area (Å²) in [5.41, 5.74) is 7.67. The molecular weight excluding hydrogens is 394 g/mol. The van der Waals surface area contributed by atoms with E-state index in [1.165, 1.54) is 12.1 Å². The van der Waals surface area contributed by atoms with Crippen LogP contribution in [0, 0.1) is 0 Å². The number of rotatable bonds is 3. The summed E-state index contributed by atoms with van der Waals surface area (Å²) < 4.78 is 22.1. The lowest BCUT2D eigenvalue weighted by Crippen LogP contribution is -1.91. The molecule has 4 rings (SSSR count). The van der Waals surface area contributed by atoms with Crippen molar-refractivity contribution >= 4 is 25.4 Å². The Bertz CT molecular complexity index is 1120. The van der Waals surface area contributed by atoms with Crippen LogP contribution in [0.4, 0.5) is 5.69 Å². The first-order valence-corrected chi connectivity index (χ1v) is 9.62. The highest BCUT2D eigenvalue weighted by atomic mass is 35.7. The predicted molar refractivity (Wildman–Crippen MR) is 96.7 cm³/mol. The second-order valence-electron chi connectivity index (χ2n) is 5.06. The monoisotopic (exact) mass is 405 g/mol. The highest BCUT2D eigenvalue weighted by molar-refractivity contribution is 8.13. The van der Waals surface area contributed by atoms with Gasteiger partial charge < -0.3 is 5.73 Å². The van der Waals surface area contributed by atoms with Gasteiger partial charge in [0.25, 0.3) is 9.05 Å². The lowest BCUT2D eigenvalue weighted by molar-refractivity contribution is 0.609. The maximum atomic E-state index is 11.1. The summed E-state index contributed by atoms with van der Waals surface area (Å²) in [5, 5.41) is 26.6. The first-order valence-electron chi connectivity index (χ1n) is 7.31. The van der Waals surface area contributed by atoms with Crippen molar-refractivity contribution in [3.8, 4) is 22.8 Å². The summed E-state index contributed by atoms with van der Waals surface area (Å²) in [6.07, 6.45) is 0. The number of halogens is 1. The van der Waals surface area contributed by atoms with E-state index in [0.29, 0.717) is 22.9 Å². The Labute approximate surface area is 157 Å². The van der Waals surface area contributed by atoms with Gasteiger partial charge in [-0.2, -0.15) is 10.4 Å². The second kappa shape index (κ2) is 7.88. The van der Waals surface area contributed by atoms with Crippen LogP contribution in [0.25, 0.3) is 22.8 Å². The van der Waals surface area contributed by atoms with Gasteiger partial charge in [0, 0.05) is 27.5 Å². The van der Waals surface area contributed by atoms with Crippen molar-refractivity contribution < 1.29 is 8.42 Å². The van der Waals surface area contributed by atoms with E-state index >= 15 is 0 Å². The van der Waals surface area contributed by atoms with Crippen LogP contribution in [-0.2, 0) is 9.05 Å². The molecule has 0 aliphatic carbocycles. The number of tetrazole rings is 2. The number of nitrogen functional groups attached to an aromatic ring is 1. The fourth-order valence-corrected chi connectivity index (χ4v) is 2.83. The van der Waals surface area contributed by atoms with Crippen LogP contribution < -0.4 is 5.73 Å². The molecule has 2 aromatic carbocycles. The zero-order valence-corrected chi connectivity index (χ0v) is 15.1. The van der Waals surface area contributed by atoms with Crippen molar-refractivity contribution in [1.29, 1.82) is 0 Å². The zero-order chi connectivity index (χ0) is 19.3. The number of hydrogen-bond donors (Lipinski definition) is 3. The van der Waals surface area contributed by atoms with Gasteiger partial charge in [-0.05, 0) is 34.7 Å². The molecule has 138 valence electrons. The Kier molecular flexibility index (Phi) is 5.38. The second-order valence-corrected chi connectivity index (χ2v) is 7.63. The quantitative estimate of drug-likeness (QED) is 0.335. The molecule has 0 spiro atoms. The predicted octanol–water partition coefficient (Wildman–Crippen LogP) is 1.24. The van der Waals surface area contributed by atoms with E-state index in [0.717, 1.165) is 5.56 Å². The van der Waals surface area contributed by atoms with Gasteiger partial charge in [-0.15, -0.1) is 20.4 Å². The average molecular weight is 406 g/mol. The number of hydrogen-bond acceptors (Lipinski definition) is 9. The van der Waals surface area contributed by atoms with E-state index in [4.69, 9.17) is 16.4 Å². The van der Waals surface area contributed by atoms with Crippen LogP contribution in [0.15, 0.2) is 53.4 Å². The molecule has 0 atom stereocenters. The molecule has 0 aliphatic rings. The first kappa shape index (κ1) is 18.4. The van der Waals surface area contributed by atoms with E-state index in [1.54, 1.807) is 18.2 Å². The summed E-state index contributed by atoms with van der Waals surface area (Å²) >= 11 is 0. The summed E-state index contributed by atoms with van der Waals surface area (Å²) in [6.45, 7) is 0. The third kappa shape index (κ3) is 4.83. The number of benzene rings is 2. The van der Waals surface area contributed by atoms with Gasteiger partial charge >= 0.3 is 0 Å². The lowest BCUT2D eigenvalue weighted by Gasteiger charge is -1.97. The number of H-pyrrole nitrogens is 2. The zero-order valence-electron chi connectivity index (χ0n) is 13.5. The van der Waals surface area contributed by atoms with Crippen LogP contribution in [0.2, 0.25) is 0 Å². The maximum Gasteiger partial charge on any atom is 0.261 e. The largest absolute Gasteiger partial charge is 0.399 e. The SMILES string of the molecule is Nc1cccc(-c2nn[nH]n2)c1.O=S(=O)(Cl)c1cccc(-c2nn[nH]n2)c1. The minimum absolute atomic E-state index is 0.00599. The van der Waals surface area contributed by atoms with E-state index in [2.05, 4.69) is 41.2 Å². The molecule has 0 bridgehead atoms. The fraction of sp³-hybridized carbons (Fsp3) is 0. The Morgan fingerprint density at radius 1 is 0.852 bits per heavy atom. The minimum atomic E-state index is -3.73. The van der Waals surface area contributed by atoms with Crippen molar-refractivity contribution in [2.24, 2.45) is 0 Å². The van der Waals surface area contributed by atoms with Gasteiger partial charge in [0.1, 0.15) is 0 Å². The van der Waals surface area contributed by atoms with Gasteiger partial charge in [-0.25, -0.2) is 8.42 Å². The van der Waals surface area contributed by atoms with Crippen LogP contribution in [0.3, 0.4) is 0 Å². The third-order valence-electron chi connectivity index (χ3n) is 3.21. The average Bonchev–Trinajstić information content (AvgIpc) is 3.36. The molecule has 4 aromatic rings. The van der Waals surface area contributed by atoms with Crippen LogP contribution in [0.1, 0.15) is 0 Å². The molecule has 0 saturated carbocycles. The smallest absolute Gasteiger partial charge is 0.261 e. The standard InChI is InChI=1S/C7H5ClN4O2S.C7H7N5/c8-15(13,14)6-3-1-2-5(4-6)7-9-11-12-10-7;8-6-3-1-2-5(4-6)7-9-11-12-10-7/h1-4H,(H,9,10,11,12);1-4H,8H2,(H,9,10,11,12). The number of nitrogens with zero attached hydrogens (tertiary/aromatic N) is 6. The molecule has 0 aliphatic heterocycles. The first-order chi connectivity index (χ1) is 12.9. The maximum absolute atomic E-state index is 11.1. The molecule has 0 amide bonds. The Morgan fingerprint density at radius 3 is 1.89 bits per heavy atom. The highest BCUT2D eigenvalue weighted by Crippen LogP contribution is 2.20. The molecule has 0 radical (unpaired) electrons. The van der Waals surface area contributed by atoms with Gasteiger partial charge in [0.05, 0.1) is 4.90 Å². The summed E-state index contributed by atoms with van der Waals surface area (Å²) in [6, 6.07) is 13.3. The molecule has 0 fully saturated rings. The summed E-state index contributed by atoms with van der Waals surface area (Å²) in [4.78, 5) is 0.00599. The topological polar surface area (TPSA) is 169 Å². The number of nitrogens with one attached hydrogen (secondary N) is 2. The number of aromatic nitrogens is 8. The molecule has 11 nitrogen and oxygen atoms in total. The van der Waals surface area contributed by atoms with Crippen LogP contribution >= 0.6 is 10.7 Å². The van der Waals surface area contributed by atoms with E-state index < -0.39 is 9.05 Å². The molecule has 2 heterocycles. The normalized spacial score (nSPS) is 10.9. The van der Waals surface area contributed by atoms with Crippen molar-refractivity contribution in [2.45, 2.75) is 4.90 Å². The minimum Gasteiger partial charge on any atom is -0.399 e. The van der Waals surface area contributed by atoms with Crippen molar-refractivity contribution in [2.75, 3.05) is 5.73 Å². The Balaban J connectivity index is 0.000000159. The molecule has 0 unspecified atom stereocenters. The van der Waals surface area contributed by atoms with E-state index in [9.17, 15) is 8.42 Å². The van der Waals surface area contributed by atoms with Crippen LogP contribution in [0.5, 0.6) is 0 Å². The lowest BCUT2D eigenvalue weighted by atomic mass is 10.2. The molecule has 0 saturated heterocycles. The molecular formula is C14H12ClN9O2S. The molecule has 27 heavy (non-hydrogen) atoms. The third-order valence-corrected chi connectivity index (χ3v) is 4.56. The molecule has 4 N–H and O–H groups in total. The van der Waals surface area contributed by atoms with E-state index in [-0.39, 0.29) is 4.90 Å².